The van der Waals surface area contributed by atoms with Crippen molar-refractivity contribution in [2.45, 2.75) is 19.4 Å². The molecule has 1 heterocycles. The van der Waals surface area contributed by atoms with Gasteiger partial charge in [-0.05, 0) is 24.0 Å². The second kappa shape index (κ2) is 6.44. The number of ether oxygens (including phenoxy) is 1. The monoisotopic (exact) mass is 264 g/mol. The normalized spacial score (nSPS) is 12.3. The Kier molecular flexibility index (Phi) is 4.63. The molecule has 1 unspecified atom stereocenters. The number of nitrogens with zero attached hydrogens (tertiary/aromatic N) is 2. The molecule has 1 atom stereocenters. The average Bonchev–Trinajstić information content (AvgIpc) is 2.92. The van der Waals surface area contributed by atoms with Crippen molar-refractivity contribution in [1.82, 2.24) is 15.0 Å². The predicted octanol–water partition coefficient (Wildman–Crippen LogP) is 1.88. The van der Waals surface area contributed by atoms with Crippen LogP contribution in [-0.2, 0) is 0 Å². The maximum absolute atomic E-state index is 5.74. The van der Waals surface area contributed by atoms with Gasteiger partial charge in [-0.2, -0.15) is 0 Å². The average molecular weight is 264 g/mol. The molecule has 96 valence electrons. The molecule has 0 radical (unpaired) electrons. The lowest BCUT2D eigenvalue weighted by atomic mass is 10.1. The highest BCUT2D eigenvalue weighted by Gasteiger charge is 2.18. The Labute approximate surface area is 110 Å². The second-order valence-electron chi connectivity index (χ2n) is 3.81. The van der Waals surface area contributed by atoms with Crippen molar-refractivity contribution >= 4 is 11.5 Å². The Morgan fingerprint density at radius 1 is 1.44 bits per heavy atom. The van der Waals surface area contributed by atoms with Gasteiger partial charge in [0.25, 0.3) is 0 Å². The summed E-state index contributed by atoms with van der Waals surface area (Å²) in [4.78, 5) is 0.963. The highest BCUT2D eigenvalue weighted by atomic mass is 32.1. The number of rotatable bonds is 6. The molecule has 0 amide bonds. The third kappa shape index (κ3) is 2.84. The van der Waals surface area contributed by atoms with Gasteiger partial charge >= 0.3 is 0 Å². The second-order valence-corrected chi connectivity index (χ2v) is 4.62. The molecule has 0 aliphatic heterocycles. The predicted molar refractivity (Wildman–Crippen MR) is 71.3 cm³/mol. The third-order valence-electron chi connectivity index (χ3n) is 2.52. The summed E-state index contributed by atoms with van der Waals surface area (Å²) in [6.45, 7) is 2.77. The minimum absolute atomic E-state index is 0.141. The van der Waals surface area contributed by atoms with E-state index in [1.807, 2.05) is 24.3 Å². The number of hydrogen-bond donors (Lipinski definition) is 2. The van der Waals surface area contributed by atoms with Gasteiger partial charge in [-0.3, -0.25) is 5.84 Å². The fraction of sp³-hybridized carbons (Fsp3) is 0.333. The zero-order valence-electron chi connectivity index (χ0n) is 10.2. The molecule has 0 spiro atoms. The van der Waals surface area contributed by atoms with Crippen molar-refractivity contribution in [2.24, 2.45) is 5.84 Å². The number of hydrazine groups is 1. The van der Waals surface area contributed by atoms with Gasteiger partial charge in [0.2, 0.25) is 0 Å². The molecular formula is C12H16N4OS. The van der Waals surface area contributed by atoms with Crippen molar-refractivity contribution in [3.05, 3.63) is 40.9 Å². The van der Waals surface area contributed by atoms with E-state index in [4.69, 9.17) is 10.6 Å². The molecule has 0 saturated heterocycles. The standard InChI is InChI=1S/C12H16N4OS/c1-2-7-17-10-6-4-3-5-9(10)12(15-13)11-8-14-16-18-11/h3-6,8,12,15H,2,7,13H2,1H3. The van der Waals surface area contributed by atoms with Crippen LogP contribution in [0, 0.1) is 0 Å². The summed E-state index contributed by atoms with van der Waals surface area (Å²) in [5.41, 5.74) is 3.79. The molecule has 0 fully saturated rings. The van der Waals surface area contributed by atoms with Gasteiger partial charge in [-0.15, -0.1) is 5.10 Å². The lowest BCUT2D eigenvalue weighted by molar-refractivity contribution is 0.312. The summed E-state index contributed by atoms with van der Waals surface area (Å²) in [7, 11) is 0. The van der Waals surface area contributed by atoms with Crippen LogP contribution in [0.4, 0.5) is 0 Å². The molecular weight excluding hydrogens is 248 g/mol. The Morgan fingerprint density at radius 2 is 2.28 bits per heavy atom. The van der Waals surface area contributed by atoms with E-state index >= 15 is 0 Å². The lowest BCUT2D eigenvalue weighted by Crippen LogP contribution is -2.28. The zero-order valence-corrected chi connectivity index (χ0v) is 11.0. The Balaban J connectivity index is 2.30. The van der Waals surface area contributed by atoms with Crippen LogP contribution in [0.3, 0.4) is 0 Å². The molecule has 18 heavy (non-hydrogen) atoms. The molecule has 1 aromatic heterocycles. The first-order valence-corrected chi connectivity index (χ1v) is 6.59. The molecule has 2 rings (SSSR count). The van der Waals surface area contributed by atoms with Crippen molar-refractivity contribution < 1.29 is 4.74 Å². The summed E-state index contributed by atoms with van der Waals surface area (Å²) < 4.78 is 9.60. The minimum Gasteiger partial charge on any atom is -0.493 e. The van der Waals surface area contributed by atoms with Crippen molar-refractivity contribution in [3.63, 3.8) is 0 Å². The van der Waals surface area contributed by atoms with Crippen LogP contribution in [0.1, 0.15) is 29.8 Å². The smallest absolute Gasteiger partial charge is 0.124 e. The van der Waals surface area contributed by atoms with Crippen LogP contribution in [-0.4, -0.2) is 16.2 Å². The van der Waals surface area contributed by atoms with Gasteiger partial charge < -0.3 is 4.74 Å². The Morgan fingerprint density at radius 3 is 2.94 bits per heavy atom. The molecule has 0 bridgehead atoms. The largest absolute Gasteiger partial charge is 0.493 e. The number of para-hydroxylation sites is 1. The SMILES string of the molecule is CCCOc1ccccc1C(NN)c1cnns1. The van der Waals surface area contributed by atoms with Crippen molar-refractivity contribution in [3.8, 4) is 5.75 Å². The van der Waals surface area contributed by atoms with E-state index in [0.717, 1.165) is 22.6 Å². The molecule has 6 heteroatoms. The number of hydrogen-bond acceptors (Lipinski definition) is 6. The molecule has 1 aromatic carbocycles. The molecule has 5 nitrogen and oxygen atoms in total. The van der Waals surface area contributed by atoms with E-state index in [1.54, 1.807) is 6.20 Å². The molecule has 2 aromatic rings. The topological polar surface area (TPSA) is 73.1 Å². The molecule has 0 aliphatic carbocycles. The quantitative estimate of drug-likeness (QED) is 0.615. The van der Waals surface area contributed by atoms with Crippen LogP contribution in [0.25, 0.3) is 0 Å². The van der Waals surface area contributed by atoms with Crippen molar-refractivity contribution in [1.29, 1.82) is 0 Å². The summed E-state index contributed by atoms with van der Waals surface area (Å²) in [5.74, 6) is 6.48. The van der Waals surface area contributed by atoms with Gasteiger partial charge in [-0.1, -0.05) is 29.6 Å². The fourth-order valence-electron chi connectivity index (χ4n) is 1.69. The zero-order chi connectivity index (χ0) is 12.8. The van der Waals surface area contributed by atoms with Gasteiger partial charge in [0.05, 0.1) is 23.7 Å². The first kappa shape index (κ1) is 12.9. The number of nitrogens with one attached hydrogen (secondary N) is 1. The van der Waals surface area contributed by atoms with E-state index in [-0.39, 0.29) is 6.04 Å². The number of aromatic nitrogens is 2. The van der Waals surface area contributed by atoms with Gasteiger partial charge in [0, 0.05) is 5.56 Å². The fourth-order valence-corrected chi connectivity index (χ4v) is 2.27. The summed E-state index contributed by atoms with van der Waals surface area (Å²) in [6, 6.07) is 7.72. The highest BCUT2D eigenvalue weighted by molar-refractivity contribution is 7.05. The maximum atomic E-state index is 5.74. The van der Waals surface area contributed by atoms with E-state index in [1.165, 1.54) is 11.5 Å². The van der Waals surface area contributed by atoms with Crippen LogP contribution in [0.2, 0.25) is 0 Å². The lowest BCUT2D eigenvalue weighted by Gasteiger charge is -2.17. The highest BCUT2D eigenvalue weighted by Crippen LogP contribution is 2.30. The molecule has 3 N–H and O–H groups in total. The summed E-state index contributed by atoms with van der Waals surface area (Å²) in [6.07, 6.45) is 2.68. The molecule has 0 aliphatic rings. The van der Waals surface area contributed by atoms with Gasteiger partial charge in [-0.25, -0.2) is 5.43 Å². The van der Waals surface area contributed by atoms with Gasteiger partial charge in [0.1, 0.15) is 5.75 Å². The van der Waals surface area contributed by atoms with E-state index in [9.17, 15) is 0 Å². The first-order chi connectivity index (χ1) is 8.86. The third-order valence-corrected chi connectivity index (χ3v) is 3.25. The van der Waals surface area contributed by atoms with E-state index in [0.29, 0.717) is 6.61 Å². The first-order valence-electron chi connectivity index (χ1n) is 5.82. The number of nitrogens with two attached hydrogens (primary N) is 1. The van der Waals surface area contributed by atoms with E-state index < -0.39 is 0 Å². The Bertz CT molecular complexity index is 475. The van der Waals surface area contributed by atoms with Crippen LogP contribution >= 0.6 is 11.5 Å². The maximum Gasteiger partial charge on any atom is 0.124 e. The summed E-state index contributed by atoms with van der Waals surface area (Å²) >= 11 is 1.32. The van der Waals surface area contributed by atoms with Crippen molar-refractivity contribution in [2.75, 3.05) is 6.61 Å². The van der Waals surface area contributed by atoms with Gasteiger partial charge in [0.15, 0.2) is 0 Å². The van der Waals surface area contributed by atoms with Crippen LogP contribution < -0.4 is 16.0 Å². The van der Waals surface area contributed by atoms with E-state index in [2.05, 4.69) is 21.9 Å². The summed E-state index contributed by atoms with van der Waals surface area (Å²) in [5, 5.41) is 3.84. The van der Waals surface area contributed by atoms with Crippen LogP contribution in [0.5, 0.6) is 5.75 Å². The van der Waals surface area contributed by atoms with Crippen LogP contribution in [0.15, 0.2) is 30.5 Å². The molecule has 0 saturated carbocycles. The minimum atomic E-state index is -0.141. The number of benzene rings is 1. The Hall–Kier alpha value is -1.50.